The molecule has 2 aromatic rings. The Kier molecular flexibility index (Phi) is 3.72. The molecule has 0 N–H and O–H groups in total. The van der Waals surface area contributed by atoms with Crippen LogP contribution in [0.15, 0.2) is 55.1 Å². The van der Waals surface area contributed by atoms with Crippen LogP contribution in [-0.4, -0.2) is 0 Å². The predicted molar refractivity (Wildman–Crippen MR) is 95.5 cm³/mol. The number of ether oxygens (including phenoxy) is 1. The zero-order valence-electron chi connectivity index (χ0n) is 13.7. The standard InChI is InChI=1S/C22H24O/c1-17-21-19(12-15-22(17)13-5-6-14-22)10-7-11-20(21)23-16-18-8-3-2-4-9-18/h2-4,7-11H,1,5-6,12-16H2. The van der Waals surface area contributed by atoms with Gasteiger partial charge in [0.05, 0.1) is 0 Å². The number of fused-ring (bicyclic) bond motifs is 1. The topological polar surface area (TPSA) is 9.23 Å². The van der Waals surface area contributed by atoms with Crippen molar-refractivity contribution >= 4 is 5.57 Å². The first-order valence-electron chi connectivity index (χ1n) is 8.77. The first kappa shape index (κ1) is 14.6. The summed E-state index contributed by atoms with van der Waals surface area (Å²) >= 11 is 0. The van der Waals surface area contributed by atoms with Crippen LogP contribution >= 0.6 is 0 Å². The molecule has 0 aliphatic heterocycles. The van der Waals surface area contributed by atoms with E-state index in [4.69, 9.17) is 4.74 Å². The van der Waals surface area contributed by atoms with Gasteiger partial charge in [-0.1, -0.05) is 61.9 Å². The van der Waals surface area contributed by atoms with Gasteiger partial charge >= 0.3 is 0 Å². The Morgan fingerprint density at radius 1 is 0.913 bits per heavy atom. The Bertz CT molecular complexity index is 708. The van der Waals surface area contributed by atoms with Crippen LogP contribution in [0.25, 0.3) is 5.57 Å². The maximum Gasteiger partial charge on any atom is 0.127 e. The molecular formula is C22H24O. The van der Waals surface area contributed by atoms with Gasteiger partial charge in [0.15, 0.2) is 0 Å². The maximum absolute atomic E-state index is 6.20. The van der Waals surface area contributed by atoms with Gasteiger partial charge in [0.1, 0.15) is 12.4 Å². The number of rotatable bonds is 3. The highest BCUT2D eigenvalue weighted by atomic mass is 16.5. The van der Waals surface area contributed by atoms with Crippen LogP contribution in [0.5, 0.6) is 5.75 Å². The molecule has 118 valence electrons. The number of allylic oxidation sites excluding steroid dienone is 1. The minimum absolute atomic E-state index is 0.346. The van der Waals surface area contributed by atoms with Gasteiger partial charge in [-0.05, 0) is 53.9 Å². The largest absolute Gasteiger partial charge is 0.488 e. The summed E-state index contributed by atoms with van der Waals surface area (Å²) in [5.74, 6) is 1.02. The highest BCUT2D eigenvalue weighted by molar-refractivity contribution is 5.77. The fraction of sp³-hybridized carbons (Fsp3) is 0.364. The second-order valence-corrected chi connectivity index (χ2v) is 7.03. The molecule has 0 bridgehead atoms. The van der Waals surface area contributed by atoms with Crippen molar-refractivity contribution in [2.75, 3.05) is 0 Å². The Morgan fingerprint density at radius 2 is 1.70 bits per heavy atom. The lowest BCUT2D eigenvalue weighted by atomic mass is 9.67. The molecule has 2 aliphatic carbocycles. The van der Waals surface area contributed by atoms with Crippen LogP contribution < -0.4 is 4.74 Å². The first-order chi connectivity index (χ1) is 11.3. The molecule has 1 saturated carbocycles. The molecule has 0 atom stereocenters. The van der Waals surface area contributed by atoms with E-state index in [1.807, 2.05) is 6.07 Å². The number of hydrogen-bond donors (Lipinski definition) is 0. The molecule has 1 nitrogen and oxygen atoms in total. The molecule has 4 rings (SSSR count). The van der Waals surface area contributed by atoms with E-state index in [0.717, 1.165) is 12.2 Å². The molecular weight excluding hydrogens is 280 g/mol. The third-order valence-electron chi connectivity index (χ3n) is 5.73. The van der Waals surface area contributed by atoms with E-state index in [1.54, 1.807) is 0 Å². The maximum atomic E-state index is 6.20. The fourth-order valence-electron chi connectivity index (χ4n) is 4.38. The van der Waals surface area contributed by atoms with Crippen molar-refractivity contribution < 1.29 is 4.74 Å². The summed E-state index contributed by atoms with van der Waals surface area (Å²) in [5.41, 5.74) is 5.61. The van der Waals surface area contributed by atoms with Crippen molar-refractivity contribution in [2.45, 2.75) is 45.1 Å². The quantitative estimate of drug-likeness (QED) is 0.698. The molecule has 2 aromatic carbocycles. The molecule has 1 fully saturated rings. The van der Waals surface area contributed by atoms with E-state index in [9.17, 15) is 0 Å². The van der Waals surface area contributed by atoms with Gasteiger partial charge in [-0.25, -0.2) is 0 Å². The summed E-state index contributed by atoms with van der Waals surface area (Å²) in [6, 6.07) is 16.9. The minimum Gasteiger partial charge on any atom is -0.488 e. The second-order valence-electron chi connectivity index (χ2n) is 7.03. The van der Waals surface area contributed by atoms with Gasteiger partial charge in [-0.15, -0.1) is 0 Å². The molecule has 0 unspecified atom stereocenters. The zero-order valence-corrected chi connectivity index (χ0v) is 13.7. The third kappa shape index (κ3) is 2.59. The van der Waals surface area contributed by atoms with Crippen LogP contribution in [0.2, 0.25) is 0 Å². The molecule has 23 heavy (non-hydrogen) atoms. The van der Waals surface area contributed by atoms with Crippen LogP contribution in [0.1, 0.15) is 48.8 Å². The molecule has 1 spiro atoms. The molecule has 0 heterocycles. The second kappa shape index (κ2) is 5.88. The van der Waals surface area contributed by atoms with Crippen LogP contribution in [0, 0.1) is 5.41 Å². The third-order valence-corrected chi connectivity index (χ3v) is 5.73. The van der Waals surface area contributed by atoms with Crippen molar-refractivity contribution in [3.05, 3.63) is 71.8 Å². The van der Waals surface area contributed by atoms with Crippen LogP contribution in [0.4, 0.5) is 0 Å². The van der Waals surface area contributed by atoms with Gasteiger partial charge in [0.25, 0.3) is 0 Å². The van der Waals surface area contributed by atoms with Gasteiger partial charge in [0, 0.05) is 5.56 Å². The van der Waals surface area contributed by atoms with Crippen LogP contribution in [-0.2, 0) is 13.0 Å². The summed E-state index contributed by atoms with van der Waals surface area (Å²) in [5, 5.41) is 0. The van der Waals surface area contributed by atoms with Gasteiger partial charge in [-0.2, -0.15) is 0 Å². The van der Waals surface area contributed by atoms with E-state index < -0.39 is 0 Å². The minimum atomic E-state index is 0.346. The van der Waals surface area contributed by atoms with Gasteiger partial charge < -0.3 is 4.74 Å². The van der Waals surface area contributed by atoms with Crippen molar-refractivity contribution in [3.63, 3.8) is 0 Å². The molecule has 0 radical (unpaired) electrons. The zero-order chi connectivity index (χ0) is 15.7. The SMILES string of the molecule is C=C1c2c(cccc2OCc2ccccc2)CCC12CCCC2. The van der Waals surface area contributed by atoms with E-state index in [1.165, 1.54) is 54.4 Å². The van der Waals surface area contributed by atoms with Crippen LogP contribution in [0.3, 0.4) is 0 Å². The van der Waals surface area contributed by atoms with E-state index in [-0.39, 0.29) is 0 Å². The predicted octanol–water partition coefficient (Wildman–Crippen LogP) is 5.79. The number of hydrogen-bond acceptors (Lipinski definition) is 1. The molecule has 1 heteroatoms. The van der Waals surface area contributed by atoms with E-state index in [2.05, 4.69) is 49.0 Å². The Balaban J connectivity index is 1.63. The lowest BCUT2D eigenvalue weighted by Crippen LogP contribution is -2.24. The first-order valence-corrected chi connectivity index (χ1v) is 8.77. The van der Waals surface area contributed by atoms with Crippen molar-refractivity contribution in [3.8, 4) is 5.75 Å². The molecule has 2 aliphatic rings. The summed E-state index contributed by atoms with van der Waals surface area (Å²) in [7, 11) is 0. The summed E-state index contributed by atoms with van der Waals surface area (Å²) in [4.78, 5) is 0. The monoisotopic (exact) mass is 304 g/mol. The number of aryl methyl sites for hydroxylation is 1. The normalized spacial score (nSPS) is 18.9. The average molecular weight is 304 g/mol. The Morgan fingerprint density at radius 3 is 2.48 bits per heavy atom. The molecule has 0 amide bonds. The van der Waals surface area contributed by atoms with Crippen molar-refractivity contribution in [2.24, 2.45) is 5.41 Å². The molecule has 0 aromatic heterocycles. The lowest BCUT2D eigenvalue weighted by Gasteiger charge is -2.38. The average Bonchev–Trinajstić information content (AvgIpc) is 3.07. The highest BCUT2D eigenvalue weighted by Crippen LogP contribution is 2.55. The van der Waals surface area contributed by atoms with E-state index in [0.29, 0.717) is 12.0 Å². The Labute approximate surface area is 139 Å². The number of benzene rings is 2. The van der Waals surface area contributed by atoms with Gasteiger partial charge in [-0.3, -0.25) is 0 Å². The summed E-state index contributed by atoms with van der Waals surface area (Å²) in [6.45, 7) is 5.15. The lowest BCUT2D eigenvalue weighted by molar-refractivity contribution is 0.300. The fourth-order valence-corrected chi connectivity index (χ4v) is 4.38. The summed E-state index contributed by atoms with van der Waals surface area (Å²) in [6.07, 6.45) is 7.73. The highest BCUT2D eigenvalue weighted by Gasteiger charge is 2.41. The summed E-state index contributed by atoms with van der Waals surface area (Å²) < 4.78 is 6.20. The smallest absolute Gasteiger partial charge is 0.127 e. The molecule has 0 saturated heterocycles. The van der Waals surface area contributed by atoms with Crippen molar-refractivity contribution in [1.29, 1.82) is 0 Å². The van der Waals surface area contributed by atoms with E-state index >= 15 is 0 Å². The van der Waals surface area contributed by atoms with Crippen molar-refractivity contribution in [1.82, 2.24) is 0 Å². The van der Waals surface area contributed by atoms with Gasteiger partial charge in [0.2, 0.25) is 0 Å². The Hall–Kier alpha value is -2.02.